The zero-order valence-corrected chi connectivity index (χ0v) is 16.6. The van der Waals surface area contributed by atoms with Gasteiger partial charge in [-0.1, -0.05) is 24.6 Å². The summed E-state index contributed by atoms with van der Waals surface area (Å²) < 4.78 is 5.76. The standard InChI is InChI=1S/C22H31N3O2/c1-24(2)16-8-5-9-17-25(3)18-22(26)23-19-12-14-21(15-13-19)27-20-10-6-4-7-11-20/h4,6-7,10-15H,5,8-9,16-18H2,1-3H3,(H,23,26). The molecular formula is C22H31N3O2. The second-order valence-corrected chi connectivity index (χ2v) is 7.09. The summed E-state index contributed by atoms with van der Waals surface area (Å²) in [5.41, 5.74) is 0.778. The molecule has 146 valence electrons. The van der Waals surface area contributed by atoms with Crippen LogP contribution in [0.5, 0.6) is 11.5 Å². The molecule has 1 N–H and O–H groups in total. The molecule has 2 aromatic rings. The summed E-state index contributed by atoms with van der Waals surface area (Å²) in [4.78, 5) is 16.5. The fraction of sp³-hybridized carbons (Fsp3) is 0.409. The van der Waals surface area contributed by atoms with E-state index < -0.39 is 0 Å². The lowest BCUT2D eigenvalue weighted by molar-refractivity contribution is -0.117. The lowest BCUT2D eigenvalue weighted by Gasteiger charge is -2.16. The summed E-state index contributed by atoms with van der Waals surface area (Å²) in [5.74, 6) is 1.54. The van der Waals surface area contributed by atoms with Crippen molar-refractivity contribution >= 4 is 11.6 Å². The van der Waals surface area contributed by atoms with Gasteiger partial charge in [-0.3, -0.25) is 9.69 Å². The number of ether oxygens (including phenoxy) is 1. The first-order chi connectivity index (χ1) is 13.0. The smallest absolute Gasteiger partial charge is 0.238 e. The molecule has 0 unspecified atom stereocenters. The minimum Gasteiger partial charge on any atom is -0.457 e. The molecule has 27 heavy (non-hydrogen) atoms. The van der Waals surface area contributed by atoms with Crippen LogP contribution in [0.15, 0.2) is 54.6 Å². The van der Waals surface area contributed by atoms with E-state index in [4.69, 9.17) is 4.74 Å². The van der Waals surface area contributed by atoms with Crippen LogP contribution in [0.2, 0.25) is 0 Å². The average Bonchev–Trinajstić information content (AvgIpc) is 2.63. The van der Waals surface area contributed by atoms with E-state index in [-0.39, 0.29) is 5.91 Å². The first-order valence-electron chi connectivity index (χ1n) is 9.49. The molecule has 0 saturated heterocycles. The van der Waals surface area contributed by atoms with Crippen molar-refractivity contribution in [3.05, 3.63) is 54.6 Å². The van der Waals surface area contributed by atoms with Gasteiger partial charge >= 0.3 is 0 Å². The van der Waals surface area contributed by atoms with Gasteiger partial charge in [-0.2, -0.15) is 0 Å². The topological polar surface area (TPSA) is 44.8 Å². The maximum Gasteiger partial charge on any atom is 0.238 e. The third-order valence-corrected chi connectivity index (χ3v) is 4.18. The molecule has 0 heterocycles. The number of nitrogens with zero attached hydrogens (tertiary/aromatic N) is 2. The van der Waals surface area contributed by atoms with Crippen molar-refractivity contribution < 1.29 is 9.53 Å². The van der Waals surface area contributed by atoms with Gasteiger partial charge in [0, 0.05) is 5.69 Å². The number of hydrogen-bond donors (Lipinski definition) is 1. The fourth-order valence-corrected chi connectivity index (χ4v) is 2.74. The van der Waals surface area contributed by atoms with E-state index in [0.29, 0.717) is 6.54 Å². The molecule has 5 heteroatoms. The van der Waals surface area contributed by atoms with Gasteiger partial charge in [0.2, 0.25) is 5.91 Å². The van der Waals surface area contributed by atoms with E-state index in [1.807, 2.05) is 61.6 Å². The van der Waals surface area contributed by atoms with Gasteiger partial charge in [0.1, 0.15) is 11.5 Å². The number of anilines is 1. The van der Waals surface area contributed by atoms with Gasteiger partial charge in [-0.15, -0.1) is 0 Å². The molecule has 0 bridgehead atoms. The minimum atomic E-state index is 0.00233. The molecule has 0 aromatic heterocycles. The number of benzene rings is 2. The van der Waals surface area contributed by atoms with E-state index >= 15 is 0 Å². The number of carbonyl (C=O) groups excluding carboxylic acids is 1. The van der Waals surface area contributed by atoms with Gasteiger partial charge in [-0.05, 0) is 83.5 Å². The normalized spacial score (nSPS) is 11.0. The minimum absolute atomic E-state index is 0.00233. The van der Waals surface area contributed by atoms with Gasteiger partial charge in [-0.25, -0.2) is 0 Å². The van der Waals surface area contributed by atoms with Gasteiger partial charge in [0.15, 0.2) is 0 Å². The quantitative estimate of drug-likeness (QED) is 0.606. The maximum atomic E-state index is 12.2. The number of amides is 1. The van der Waals surface area contributed by atoms with Crippen molar-refractivity contribution in [1.29, 1.82) is 0 Å². The summed E-state index contributed by atoms with van der Waals surface area (Å²) in [6.07, 6.45) is 3.50. The monoisotopic (exact) mass is 369 g/mol. The average molecular weight is 370 g/mol. The number of rotatable bonds is 11. The van der Waals surface area contributed by atoms with Crippen LogP contribution in [0, 0.1) is 0 Å². The highest BCUT2D eigenvalue weighted by atomic mass is 16.5. The highest BCUT2D eigenvalue weighted by Crippen LogP contribution is 2.22. The Bertz CT molecular complexity index is 672. The van der Waals surface area contributed by atoms with Crippen LogP contribution in [-0.4, -0.2) is 56.5 Å². The lowest BCUT2D eigenvalue weighted by Crippen LogP contribution is -2.31. The molecule has 0 aliphatic carbocycles. The Balaban J connectivity index is 1.69. The van der Waals surface area contributed by atoms with Crippen LogP contribution >= 0.6 is 0 Å². The molecule has 2 rings (SSSR count). The Morgan fingerprint density at radius 3 is 2.15 bits per heavy atom. The third-order valence-electron chi connectivity index (χ3n) is 4.18. The fourth-order valence-electron chi connectivity index (χ4n) is 2.74. The molecule has 0 saturated carbocycles. The van der Waals surface area contributed by atoms with Crippen LogP contribution in [0.1, 0.15) is 19.3 Å². The maximum absolute atomic E-state index is 12.2. The van der Waals surface area contributed by atoms with E-state index in [1.165, 1.54) is 12.8 Å². The Hall–Kier alpha value is -2.37. The second-order valence-electron chi connectivity index (χ2n) is 7.09. The van der Waals surface area contributed by atoms with Crippen molar-refractivity contribution in [2.45, 2.75) is 19.3 Å². The first kappa shape index (κ1) is 20.9. The molecule has 0 spiro atoms. The van der Waals surface area contributed by atoms with E-state index in [1.54, 1.807) is 0 Å². The van der Waals surface area contributed by atoms with Crippen LogP contribution in [0.25, 0.3) is 0 Å². The SMILES string of the molecule is CN(C)CCCCCN(C)CC(=O)Nc1ccc(Oc2ccccc2)cc1. The number of para-hydroxylation sites is 1. The van der Waals surface area contributed by atoms with Crippen molar-refractivity contribution in [1.82, 2.24) is 9.80 Å². The molecule has 0 aliphatic heterocycles. The van der Waals surface area contributed by atoms with Crippen molar-refractivity contribution in [2.24, 2.45) is 0 Å². The highest BCUT2D eigenvalue weighted by molar-refractivity contribution is 5.92. The second kappa shape index (κ2) is 11.4. The summed E-state index contributed by atoms with van der Waals surface area (Å²) in [7, 11) is 6.18. The molecule has 0 atom stereocenters. The largest absolute Gasteiger partial charge is 0.457 e. The van der Waals surface area contributed by atoms with Crippen LogP contribution in [0.3, 0.4) is 0 Å². The summed E-state index contributed by atoms with van der Waals surface area (Å²) in [6.45, 7) is 2.45. The number of carbonyl (C=O) groups is 1. The molecule has 0 aliphatic rings. The number of likely N-dealkylation sites (N-methyl/N-ethyl adjacent to an activating group) is 1. The van der Waals surface area contributed by atoms with Crippen molar-refractivity contribution in [3.63, 3.8) is 0 Å². The number of unbranched alkanes of at least 4 members (excludes halogenated alkanes) is 2. The van der Waals surface area contributed by atoms with Crippen molar-refractivity contribution in [3.8, 4) is 11.5 Å². The molecule has 1 amide bonds. The summed E-state index contributed by atoms with van der Waals surface area (Å²) in [6, 6.07) is 17.1. The molecule has 0 fully saturated rings. The zero-order chi connectivity index (χ0) is 19.5. The van der Waals surface area contributed by atoms with E-state index in [9.17, 15) is 4.79 Å². The van der Waals surface area contributed by atoms with Crippen LogP contribution in [-0.2, 0) is 4.79 Å². The highest BCUT2D eigenvalue weighted by Gasteiger charge is 2.07. The number of nitrogens with one attached hydrogen (secondary N) is 1. The van der Waals surface area contributed by atoms with Gasteiger partial charge in [0.05, 0.1) is 6.54 Å². The summed E-state index contributed by atoms with van der Waals surface area (Å²) >= 11 is 0. The molecular weight excluding hydrogens is 338 g/mol. The zero-order valence-electron chi connectivity index (χ0n) is 16.6. The Labute approximate surface area is 162 Å². The predicted molar refractivity (Wildman–Crippen MR) is 111 cm³/mol. The Morgan fingerprint density at radius 1 is 0.852 bits per heavy atom. The number of hydrogen-bond acceptors (Lipinski definition) is 4. The molecule has 2 aromatic carbocycles. The Morgan fingerprint density at radius 2 is 1.48 bits per heavy atom. The lowest BCUT2D eigenvalue weighted by atomic mass is 10.2. The third kappa shape index (κ3) is 8.71. The van der Waals surface area contributed by atoms with Crippen LogP contribution < -0.4 is 10.1 Å². The predicted octanol–water partition coefficient (Wildman–Crippen LogP) is 4.08. The van der Waals surface area contributed by atoms with E-state index in [2.05, 4.69) is 29.2 Å². The van der Waals surface area contributed by atoms with Gasteiger partial charge < -0.3 is 15.0 Å². The van der Waals surface area contributed by atoms with E-state index in [0.717, 1.165) is 36.7 Å². The molecule has 0 radical (unpaired) electrons. The van der Waals surface area contributed by atoms with Crippen molar-refractivity contribution in [2.75, 3.05) is 46.1 Å². The molecule has 5 nitrogen and oxygen atoms in total. The Kier molecular flexibility index (Phi) is 8.81. The summed E-state index contributed by atoms with van der Waals surface area (Å²) in [5, 5.41) is 2.94. The van der Waals surface area contributed by atoms with Crippen LogP contribution in [0.4, 0.5) is 5.69 Å². The van der Waals surface area contributed by atoms with Gasteiger partial charge in [0.25, 0.3) is 0 Å². The first-order valence-corrected chi connectivity index (χ1v) is 9.49.